The van der Waals surface area contributed by atoms with Crippen LogP contribution in [0.5, 0.6) is 0 Å². The number of aromatic nitrogens is 1. The SMILES string of the molecule is CSC1(CN)CCN(c2ncccc2C(F)(F)F)CC1. The van der Waals surface area contributed by atoms with E-state index in [4.69, 9.17) is 5.73 Å². The quantitative estimate of drug-likeness (QED) is 0.932. The number of anilines is 1. The number of thioether (sulfide) groups is 1. The average molecular weight is 305 g/mol. The average Bonchev–Trinajstić information content (AvgIpc) is 2.46. The van der Waals surface area contributed by atoms with Gasteiger partial charge < -0.3 is 10.6 Å². The van der Waals surface area contributed by atoms with Crippen molar-refractivity contribution >= 4 is 17.6 Å². The van der Waals surface area contributed by atoms with E-state index in [0.717, 1.165) is 18.9 Å². The number of nitrogens with two attached hydrogens (primary N) is 1. The van der Waals surface area contributed by atoms with Crippen LogP contribution in [0.3, 0.4) is 0 Å². The van der Waals surface area contributed by atoms with Crippen molar-refractivity contribution in [1.29, 1.82) is 0 Å². The number of hydrogen-bond acceptors (Lipinski definition) is 4. The highest BCUT2D eigenvalue weighted by molar-refractivity contribution is 8.00. The smallest absolute Gasteiger partial charge is 0.356 e. The van der Waals surface area contributed by atoms with Crippen molar-refractivity contribution in [2.45, 2.75) is 23.8 Å². The van der Waals surface area contributed by atoms with Gasteiger partial charge in [0, 0.05) is 30.6 Å². The van der Waals surface area contributed by atoms with Crippen LogP contribution in [0.2, 0.25) is 0 Å². The third-order valence-electron chi connectivity index (χ3n) is 3.87. The van der Waals surface area contributed by atoms with Gasteiger partial charge in [-0.25, -0.2) is 4.98 Å². The summed E-state index contributed by atoms with van der Waals surface area (Å²) in [6.45, 7) is 1.66. The number of rotatable bonds is 3. The zero-order chi connectivity index (χ0) is 14.8. The highest BCUT2D eigenvalue weighted by Gasteiger charge is 2.38. The molecule has 0 aliphatic carbocycles. The van der Waals surface area contributed by atoms with Gasteiger partial charge in [-0.2, -0.15) is 24.9 Å². The van der Waals surface area contributed by atoms with E-state index in [1.165, 1.54) is 12.3 Å². The van der Waals surface area contributed by atoms with E-state index < -0.39 is 11.7 Å². The molecule has 1 aromatic rings. The highest BCUT2D eigenvalue weighted by Crippen LogP contribution is 2.39. The second kappa shape index (κ2) is 5.81. The molecule has 0 amide bonds. The number of pyridine rings is 1. The number of nitrogens with zero attached hydrogens (tertiary/aromatic N) is 2. The van der Waals surface area contributed by atoms with Crippen molar-refractivity contribution in [3.05, 3.63) is 23.9 Å². The van der Waals surface area contributed by atoms with E-state index in [-0.39, 0.29) is 10.6 Å². The largest absolute Gasteiger partial charge is 0.419 e. The molecule has 3 nitrogen and oxygen atoms in total. The van der Waals surface area contributed by atoms with Gasteiger partial charge in [0.1, 0.15) is 5.82 Å². The van der Waals surface area contributed by atoms with Crippen molar-refractivity contribution in [3.8, 4) is 0 Å². The molecule has 1 aromatic heterocycles. The molecule has 2 N–H and O–H groups in total. The maximum absolute atomic E-state index is 13.0. The maximum Gasteiger partial charge on any atom is 0.419 e. The van der Waals surface area contributed by atoms with Crippen LogP contribution in [0.1, 0.15) is 18.4 Å². The molecule has 112 valence electrons. The minimum Gasteiger partial charge on any atom is -0.356 e. The van der Waals surface area contributed by atoms with Crippen LogP contribution in [-0.4, -0.2) is 35.6 Å². The van der Waals surface area contributed by atoms with Gasteiger partial charge in [0.25, 0.3) is 0 Å². The number of halogens is 3. The molecule has 2 heterocycles. The first-order chi connectivity index (χ1) is 9.42. The van der Waals surface area contributed by atoms with Crippen LogP contribution in [0, 0.1) is 0 Å². The van der Waals surface area contributed by atoms with Crippen LogP contribution < -0.4 is 10.6 Å². The topological polar surface area (TPSA) is 42.1 Å². The summed E-state index contributed by atoms with van der Waals surface area (Å²) >= 11 is 1.71. The molecule has 1 fully saturated rings. The third kappa shape index (κ3) is 3.03. The summed E-state index contributed by atoms with van der Waals surface area (Å²) in [7, 11) is 0. The minimum atomic E-state index is -4.37. The fourth-order valence-electron chi connectivity index (χ4n) is 2.49. The van der Waals surface area contributed by atoms with Gasteiger partial charge in [0.15, 0.2) is 0 Å². The van der Waals surface area contributed by atoms with Gasteiger partial charge in [-0.05, 0) is 31.2 Å². The Morgan fingerprint density at radius 1 is 1.40 bits per heavy atom. The second-order valence-corrected chi connectivity index (χ2v) is 6.22. The van der Waals surface area contributed by atoms with Gasteiger partial charge in [-0.3, -0.25) is 0 Å². The van der Waals surface area contributed by atoms with Crippen molar-refractivity contribution in [1.82, 2.24) is 4.98 Å². The number of hydrogen-bond donors (Lipinski definition) is 1. The molecule has 20 heavy (non-hydrogen) atoms. The zero-order valence-corrected chi connectivity index (χ0v) is 12.1. The van der Waals surface area contributed by atoms with Crippen LogP contribution in [-0.2, 0) is 6.18 Å². The Morgan fingerprint density at radius 2 is 2.05 bits per heavy atom. The molecular weight excluding hydrogens is 287 g/mol. The Kier molecular flexibility index (Phi) is 4.49. The predicted octanol–water partition coefficient (Wildman–Crippen LogP) is 2.76. The Morgan fingerprint density at radius 3 is 2.55 bits per heavy atom. The Hall–Kier alpha value is -0.950. The molecule has 0 unspecified atom stereocenters. The van der Waals surface area contributed by atoms with Gasteiger partial charge in [0.05, 0.1) is 5.56 Å². The summed E-state index contributed by atoms with van der Waals surface area (Å²) in [4.78, 5) is 5.65. The van der Waals surface area contributed by atoms with Crippen LogP contribution in [0.25, 0.3) is 0 Å². The molecule has 1 aliphatic rings. The summed E-state index contributed by atoms with van der Waals surface area (Å²) in [6, 6.07) is 2.41. The summed E-state index contributed by atoms with van der Waals surface area (Å²) in [6.07, 6.45) is 0.594. The molecule has 1 aliphatic heterocycles. The number of alkyl halides is 3. The van der Waals surface area contributed by atoms with Gasteiger partial charge in [-0.15, -0.1) is 0 Å². The number of piperidine rings is 1. The lowest BCUT2D eigenvalue weighted by atomic mass is 9.95. The molecule has 0 saturated carbocycles. The van der Waals surface area contributed by atoms with E-state index >= 15 is 0 Å². The second-order valence-electron chi connectivity index (χ2n) is 4.95. The Balaban J connectivity index is 2.19. The normalized spacial score (nSPS) is 19.1. The fourth-order valence-corrected chi connectivity index (χ4v) is 3.25. The molecule has 2 rings (SSSR count). The lowest BCUT2D eigenvalue weighted by Gasteiger charge is -2.41. The highest BCUT2D eigenvalue weighted by atomic mass is 32.2. The summed E-state index contributed by atoms with van der Waals surface area (Å²) in [5.74, 6) is 0.0340. The summed E-state index contributed by atoms with van der Waals surface area (Å²) in [5.41, 5.74) is 5.13. The monoisotopic (exact) mass is 305 g/mol. The first kappa shape index (κ1) is 15.4. The summed E-state index contributed by atoms with van der Waals surface area (Å²) in [5, 5.41) is 0. The molecule has 0 aromatic carbocycles. The lowest BCUT2D eigenvalue weighted by Crippen LogP contribution is -2.47. The van der Waals surface area contributed by atoms with E-state index in [2.05, 4.69) is 4.98 Å². The first-order valence-electron chi connectivity index (χ1n) is 6.44. The molecule has 0 radical (unpaired) electrons. The van der Waals surface area contributed by atoms with Crippen molar-refractivity contribution in [3.63, 3.8) is 0 Å². The van der Waals surface area contributed by atoms with Crippen molar-refractivity contribution in [2.24, 2.45) is 5.73 Å². The fraction of sp³-hybridized carbons (Fsp3) is 0.615. The maximum atomic E-state index is 13.0. The lowest BCUT2D eigenvalue weighted by molar-refractivity contribution is -0.137. The first-order valence-corrected chi connectivity index (χ1v) is 7.67. The van der Waals surface area contributed by atoms with Crippen LogP contribution in [0.4, 0.5) is 19.0 Å². The van der Waals surface area contributed by atoms with E-state index in [1.807, 2.05) is 6.26 Å². The Bertz CT molecular complexity index is 450. The van der Waals surface area contributed by atoms with E-state index in [1.54, 1.807) is 16.7 Å². The predicted molar refractivity (Wildman–Crippen MR) is 76.0 cm³/mol. The van der Waals surface area contributed by atoms with Crippen LogP contribution in [0.15, 0.2) is 18.3 Å². The van der Waals surface area contributed by atoms with Gasteiger partial charge in [0.2, 0.25) is 0 Å². The van der Waals surface area contributed by atoms with Crippen molar-refractivity contribution in [2.75, 3.05) is 30.8 Å². The van der Waals surface area contributed by atoms with Crippen molar-refractivity contribution < 1.29 is 13.2 Å². The molecule has 0 atom stereocenters. The van der Waals surface area contributed by atoms with E-state index in [0.29, 0.717) is 19.6 Å². The minimum absolute atomic E-state index is 0.0102. The van der Waals surface area contributed by atoms with Crippen LogP contribution >= 0.6 is 11.8 Å². The molecule has 0 spiro atoms. The molecular formula is C13H18F3N3S. The third-order valence-corrected chi connectivity index (χ3v) is 5.31. The van der Waals surface area contributed by atoms with Gasteiger partial charge in [-0.1, -0.05) is 0 Å². The Labute approximate surface area is 120 Å². The standard InChI is InChI=1S/C13H18F3N3S/c1-20-12(9-17)4-7-19(8-5-12)11-10(13(14,15)16)3-2-6-18-11/h2-3,6H,4-5,7-9,17H2,1H3. The summed E-state index contributed by atoms with van der Waals surface area (Å²) < 4.78 is 39.0. The molecule has 0 bridgehead atoms. The van der Waals surface area contributed by atoms with E-state index in [9.17, 15) is 13.2 Å². The molecule has 1 saturated heterocycles. The molecule has 7 heteroatoms. The van der Waals surface area contributed by atoms with Gasteiger partial charge >= 0.3 is 6.18 Å². The zero-order valence-electron chi connectivity index (χ0n) is 11.3.